The molecule has 0 radical (unpaired) electrons. The van der Waals surface area contributed by atoms with Crippen molar-refractivity contribution in [3.8, 4) is 0 Å². The van der Waals surface area contributed by atoms with Gasteiger partial charge < -0.3 is 15.4 Å². The lowest BCUT2D eigenvalue weighted by atomic mass is 9.79. The van der Waals surface area contributed by atoms with Gasteiger partial charge in [0, 0.05) is 18.8 Å². The molecule has 0 bridgehead atoms. The number of aliphatic hydroxyl groups excluding tert-OH is 1. The van der Waals surface area contributed by atoms with Crippen LogP contribution in [0.3, 0.4) is 0 Å². The van der Waals surface area contributed by atoms with Crippen LogP contribution in [0.25, 0.3) is 0 Å². The van der Waals surface area contributed by atoms with Gasteiger partial charge in [-0.15, -0.1) is 0 Å². The molecule has 5 nitrogen and oxygen atoms in total. The Bertz CT molecular complexity index is 545. The maximum Gasteiger partial charge on any atom is 0.261 e. The molecular formula is C16H26N2O3. The van der Waals surface area contributed by atoms with Gasteiger partial charge in [0.05, 0.1) is 0 Å². The molecule has 0 fully saturated rings. The largest absolute Gasteiger partial charge is 0.396 e. The molecule has 118 valence electrons. The van der Waals surface area contributed by atoms with Crippen molar-refractivity contribution in [1.29, 1.82) is 0 Å². The van der Waals surface area contributed by atoms with Crippen molar-refractivity contribution in [1.82, 2.24) is 10.3 Å². The molecule has 3 N–H and O–H groups in total. The third-order valence-corrected chi connectivity index (χ3v) is 4.36. The Morgan fingerprint density at radius 2 is 1.95 bits per heavy atom. The van der Waals surface area contributed by atoms with Crippen LogP contribution < -0.4 is 10.9 Å². The van der Waals surface area contributed by atoms with Gasteiger partial charge in [-0.25, -0.2) is 0 Å². The summed E-state index contributed by atoms with van der Waals surface area (Å²) in [7, 11) is 0. The second kappa shape index (κ2) is 7.41. The molecule has 21 heavy (non-hydrogen) atoms. The minimum Gasteiger partial charge on any atom is -0.396 e. The van der Waals surface area contributed by atoms with Crippen LogP contribution in [0, 0.1) is 19.3 Å². The quantitative estimate of drug-likeness (QED) is 0.718. The van der Waals surface area contributed by atoms with Crippen molar-refractivity contribution in [3.63, 3.8) is 0 Å². The normalized spacial score (nSPS) is 11.5. The summed E-state index contributed by atoms with van der Waals surface area (Å²) in [5.41, 5.74) is 1.12. The number of nitrogens with one attached hydrogen (secondary N) is 2. The number of carbonyl (C=O) groups excluding carboxylic acids is 1. The molecule has 0 aliphatic carbocycles. The molecule has 0 spiro atoms. The second-order valence-corrected chi connectivity index (χ2v) is 5.70. The summed E-state index contributed by atoms with van der Waals surface area (Å²) in [6, 6.07) is 1.79. The number of hydrogen-bond donors (Lipinski definition) is 3. The van der Waals surface area contributed by atoms with Crippen LogP contribution in [0.4, 0.5) is 0 Å². The average molecular weight is 294 g/mol. The van der Waals surface area contributed by atoms with E-state index in [1.807, 2.05) is 0 Å². The van der Waals surface area contributed by atoms with E-state index < -0.39 is 0 Å². The molecular weight excluding hydrogens is 268 g/mol. The highest BCUT2D eigenvalue weighted by molar-refractivity contribution is 5.95. The molecule has 1 amide bonds. The molecule has 0 aliphatic heterocycles. The summed E-state index contributed by atoms with van der Waals surface area (Å²) < 4.78 is 0. The van der Waals surface area contributed by atoms with E-state index in [0.717, 1.165) is 18.5 Å². The minimum absolute atomic E-state index is 0.0989. The van der Waals surface area contributed by atoms with Crippen LogP contribution in [-0.2, 0) is 0 Å². The van der Waals surface area contributed by atoms with Gasteiger partial charge in [-0.1, -0.05) is 13.8 Å². The van der Waals surface area contributed by atoms with Crippen LogP contribution in [0.15, 0.2) is 10.9 Å². The predicted octanol–water partition coefficient (Wildman–Crippen LogP) is 1.91. The van der Waals surface area contributed by atoms with Crippen LogP contribution in [-0.4, -0.2) is 29.1 Å². The van der Waals surface area contributed by atoms with E-state index in [4.69, 9.17) is 0 Å². The Labute approximate surface area is 125 Å². The van der Waals surface area contributed by atoms with Crippen LogP contribution in [0.5, 0.6) is 0 Å². The molecule has 0 saturated carbocycles. The first-order valence-corrected chi connectivity index (χ1v) is 7.48. The SMILES string of the molecule is CCC(CC)(CCO)CNC(=O)c1c(C)cc(C)[nH]c1=O. The number of pyridine rings is 1. The zero-order valence-corrected chi connectivity index (χ0v) is 13.4. The number of carbonyl (C=O) groups is 1. The van der Waals surface area contributed by atoms with Gasteiger partial charge in [0.15, 0.2) is 0 Å². The molecule has 0 saturated heterocycles. The molecule has 0 unspecified atom stereocenters. The third kappa shape index (κ3) is 4.17. The van der Waals surface area contributed by atoms with E-state index in [9.17, 15) is 14.7 Å². The molecule has 0 aliphatic rings. The van der Waals surface area contributed by atoms with Gasteiger partial charge in [0.25, 0.3) is 11.5 Å². The smallest absolute Gasteiger partial charge is 0.261 e. The molecule has 1 rings (SSSR count). The van der Waals surface area contributed by atoms with Crippen molar-refractivity contribution in [3.05, 3.63) is 33.2 Å². The fraction of sp³-hybridized carbons (Fsp3) is 0.625. The first-order chi connectivity index (χ1) is 9.89. The number of aromatic nitrogens is 1. The van der Waals surface area contributed by atoms with Crippen molar-refractivity contribution in [2.24, 2.45) is 5.41 Å². The summed E-state index contributed by atoms with van der Waals surface area (Å²) in [5, 5.41) is 12.1. The first kappa shape index (κ1) is 17.4. The maximum absolute atomic E-state index is 12.3. The summed E-state index contributed by atoms with van der Waals surface area (Å²) in [5.74, 6) is -0.349. The predicted molar refractivity (Wildman–Crippen MR) is 83.6 cm³/mol. The Balaban J connectivity index is 2.90. The van der Waals surface area contributed by atoms with Gasteiger partial charge in [-0.2, -0.15) is 0 Å². The zero-order chi connectivity index (χ0) is 16.0. The number of amides is 1. The van der Waals surface area contributed by atoms with E-state index in [1.54, 1.807) is 19.9 Å². The number of hydrogen-bond acceptors (Lipinski definition) is 3. The molecule has 1 heterocycles. The van der Waals surface area contributed by atoms with Crippen molar-refractivity contribution < 1.29 is 9.90 Å². The number of aromatic amines is 1. The highest BCUT2D eigenvalue weighted by Crippen LogP contribution is 2.29. The summed E-state index contributed by atoms with van der Waals surface area (Å²) in [6.07, 6.45) is 2.38. The van der Waals surface area contributed by atoms with Crippen LogP contribution >= 0.6 is 0 Å². The van der Waals surface area contributed by atoms with E-state index in [1.165, 1.54) is 0 Å². The van der Waals surface area contributed by atoms with Crippen LogP contribution in [0.1, 0.15) is 54.7 Å². The highest BCUT2D eigenvalue weighted by Gasteiger charge is 2.27. The number of H-pyrrole nitrogens is 1. The lowest BCUT2D eigenvalue weighted by Gasteiger charge is -2.31. The Hall–Kier alpha value is -1.62. The maximum atomic E-state index is 12.3. The summed E-state index contributed by atoms with van der Waals surface area (Å²) >= 11 is 0. The third-order valence-electron chi connectivity index (χ3n) is 4.36. The molecule has 0 aromatic carbocycles. The van der Waals surface area contributed by atoms with Gasteiger partial charge in [-0.3, -0.25) is 9.59 Å². The lowest BCUT2D eigenvalue weighted by molar-refractivity contribution is 0.0905. The first-order valence-electron chi connectivity index (χ1n) is 7.48. The zero-order valence-electron chi connectivity index (χ0n) is 13.4. The van der Waals surface area contributed by atoms with Crippen LogP contribution in [0.2, 0.25) is 0 Å². The second-order valence-electron chi connectivity index (χ2n) is 5.70. The van der Waals surface area contributed by atoms with Crippen molar-refractivity contribution in [2.75, 3.05) is 13.2 Å². The number of rotatable bonds is 7. The van der Waals surface area contributed by atoms with Gasteiger partial charge >= 0.3 is 0 Å². The Kier molecular flexibility index (Phi) is 6.15. The van der Waals surface area contributed by atoms with Gasteiger partial charge in [-0.05, 0) is 50.2 Å². The standard InChI is InChI=1S/C16H26N2O3/c1-5-16(6-2,7-8-19)10-17-14(20)13-11(3)9-12(4)18-15(13)21/h9,19H,5-8,10H2,1-4H3,(H,17,20)(H,18,21). The number of aliphatic hydroxyl groups is 1. The minimum atomic E-state index is -0.356. The molecule has 1 aromatic rings. The molecule has 5 heteroatoms. The fourth-order valence-corrected chi connectivity index (χ4v) is 2.67. The summed E-state index contributed by atoms with van der Waals surface area (Å²) in [4.78, 5) is 26.9. The van der Waals surface area contributed by atoms with E-state index in [2.05, 4.69) is 24.1 Å². The number of aryl methyl sites for hydroxylation is 2. The average Bonchev–Trinajstić information content (AvgIpc) is 2.42. The fourth-order valence-electron chi connectivity index (χ4n) is 2.67. The monoisotopic (exact) mass is 294 g/mol. The van der Waals surface area contributed by atoms with Crippen molar-refractivity contribution in [2.45, 2.75) is 47.0 Å². The van der Waals surface area contributed by atoms with Gasteiger partial charge in [0.2, 0.25) is 0 Å². The Morgan fingerprint density at radius 1 is 1.33 bits per heavy atom. The van der Waals surface area contributed by atoms with E-state index in [-0.39, 0.29) is 29.1 Å². The van der Waals surface area contributed by atoms with E-state index >= 15 is 0 Å². The summed E-state index contributed by atoms with van der Waals surface area (Å²) in [6.45, 7) is 8.21. The van der Waals surface area contributed by atoms with Gasteiger partial charge in [0.1, 0.15) is 5.56 Å². The Morgan fingerprint density at radius 3 is 2.43 bits per heavy atom. The van der Waals surface area contributed by atoms with Crippen molar-refractivity contribution >= 4 is 5.91 Å². The van der Waals surface area contributed by atoms with E-state index in [0.29, 0.717) is 18.5 Å². The molecule has 1 aromatic heterocycles. The lowest BCUT2D eigenvalue weighted by Crippen LogP contribution is -2.39. The highest BCUT2D eigenvalue weighted by atomic mass is 16.3. The topological polar surface area (TPSA) is 82.2 Å². The molecule has 0 atom stereocenters.